The van der Waals surface area contributed by atoms with Gasteiger partial charge in [-0.2, -0.15) is 5.10 Å². The number of ether oxygens (including phenoxy) is 2. The lowest BCUT2D eigenvalue weighted by molar-refractivity contribution is -0.111. The number of aromatic nitrogens is 3. The van der Waals surface area contributed by atoms with Crippen LogP contribution >= 0.6 is 11.3 Å². The molecule has 3 heterocycles. The van der Waals surface area contributed by atoms with Crippen molar-refractivity contribution in [3.63, 3.8) is 0 Å². The summed E-state index contributed by atoms with van der Waals surface area (Å²) >= 11 is 1.06. The SMILES string of the molecule is C=CC(=O)Nc1cn(C)nc1Cc1ccc2sc(C(=O)c3c(F)c(OC)cc(OC)c3F)cc2n1. The minimum Gasteiger partial charge on any atom is -0.494 e. The maximum Gasteiger partial charge on any atom is 0.247 e. The quantitative estimate of drug-likeness (QED) is 0.288. The molecule has 1 N–H and O–H groups in total. The van der Waals surface area contributed by atoms with Crippen LogP contribution in [0.2, 0.25) is 0 Å². The Labute approximate surface area is 202 Å². The third kappa shape index (κ3) is 4.62. The summed E-state index contributed by atoms with van der Waals surface area (Å²) in [7, 11) is 4.15. The molecule has 3 aromatic heterocycles. The predicted octanol–water partition coefficient (Wildman–Crippen LogP) is 4.27. The Hall–Kier alpha value is -4.12. The second kappa shape index (κ2) is 9.63. The number of benzene rings is 1. The maximum absolute atomic E-state index is 14.8. The fourth-order valence-electron chi connectivity index (χ4n) is 3.51. The van der Waals surface area contributed by atoms with E-state index in [4.69, 9.17) is 9.47 Å². The van der Waals surface area contributed by atoms with Crippen LogP contribution in [0.3, 0.4) is 0 Å². The highest BCUT2D eigenvalue weighted by molar-refractivity contribution is 7.20. The Balaban J connectivity index is 1.68. The van der Waals surface area contributed by atoms with Crippen molar-refractivity contribution < 1.29 is 27.8 Å². The minimum atomic E-state index is -1.11. The smallest absolute Gasteiger partial charge is 0.247 e. The molecule has 1 aromatic carbocycles. The number of pyridine rings is 1. The van der Waals surface area contributed by atoms with Crippen LogP contribution in [0.25, 0.3) is 10.2 Å². The van der Waals surface area contributed by atoms with Crippen LogP contribution in [-0.2, 0) is 18.3 Å². The van der Waals surface area contributed by atoms with E-state index >= 15 is 0 Å². The van der Waals surface area contributed by atoms with Gasteiger partial charge in [0, 0.05) is 31.4 Å². The molecule has 0 bridgehead atoms. The molecule has 11 heteroatoms. The van der Waals surface area contributed by atoms with Crippen LogP contribution < -0.4 is 14.8 Å². The molecule has 0 saturated heterocycles. The summed E-state index contributed by atoms with van der Waals surface area (Å²) in [6.45, 7) is 3.44. The van der Waals surface area contributed by atoms with E-state index in [1.165, 1.54) is 20.3 Å². The van der Waals surface area contributed by atoms with E-state index in [1.807, 2.05) is 0 Å². The zero-order valence-electron chi connectivity index (χ0n) is 19.0. The summed E-state index contributed by atoms with van der Waals surface area (Å²) < 4.78 is 41.7. The van der Waals surface area contributed by atoms with Gasteiger partial charge in [-0.25, -0.2) is 8.78 Å². The fourth-order valence-corrected chi connectivity index (χ4v) is 4.46. The van der Waals surface area contributed by atoms with Gasteiger partial charge in [0.1, 0.15) is 5.56 Å². The Morgan fingerprint density at radius 1 is 1.17 bits per heavy atom. The third-order valence-electron chi connectivity index (χ3n) is 5.15. The second-order valence-electron chi connectivity index (χ2n) is 7.44. The lowest BCUT2D eigenvalue weighted by atomic mass is 10.1. The first-order valence-electron chi connectivity index (χ1n) is 10.3. The summed E-state index contributed by atoms with van der Waals surface area (Å²) in [6, 6.07) is 6.05. The van der Waals surface area contributed by atoms with Crippen molar-refractivity contribution in [1.82, 2.24) is 14.8 Å². The number of hydrogen-bond acceptors (Lipinski definition) is 7. The predicted molar refractivity (Wildman–Crippen MR) is 127 cm³/mol. The van der Waals surface area contributed by atoms with Crippen molar-refractivity contribution >= 4 is 38.9 Å². The normalized spacial score (nSPS) is 10.9. The fraction of sp³-hybridized carbons (Fsp3) is 0.167. The Morgan fingerprint density at radius 2 is 1.86 bits per heavy atom. The van der Waals surface area contributed by atoms with Gasteiger partial charge in [-0.1, -0.05) is 6.58 Å². The Kier molecular flexibility index (Phi) is 6.61. The summed E-state index contributed by atoms with van der Waals surface area (Å²) in [6.07, 6.45) is 3.13. The Bertz CT molecular complexity index is 1450. The molecule has 0 aliphatic carbocycles. The molecule has 8 nitrogen and oxygen atoms in total. The van der Waals surface area contributed by atoms with Crippen molar-refractivity contribution in [3.05, 3.63) is 76.6 Å². The number of ketones is 1. The third-order valence-corrected chi connectivity index (χ3v) is 6.24. The van der Waals surface area contributed by atoms with Crippen LogP contribution in [-0.4, -0.2) is 40.7 Å². The number of anilines is 1. The van der Waals surface area contributed by atoms with E-state index in [0.29, 0.717) is 33.7 Å². The van der Waals surface area contributed by atoms with Crippen molar-refractivity contribution in [2.75, 3.05) is 19.5 Å². The molecule has 35 heavy (non-hydrogen) atoms. The topological polar surface area (TPSA) is 95.3 Å². The van der Waals surface area contributed by atoms with Gasteiger partial charge in [0.25, 0.3) is 0 Å². The maximum atomic E-state index is 14.8. The molecule has 180 valence electrons. The van der Waals surface area contributed by atoms with Gasteiger partial charge in [0.05, 0.1) is 40.7 Å². The van der Waals surface area contributed by atoms with Crippen LogP contribution in [0.15, 0.2) is 43.1 Å². The van der Waals surface area contributed by atoms with Crippen LogP contribution in [0.4, 0.5) is 14.5 Å². The molecule has 0 unspecified atom stereocenters. The molecular weight excluding hydrogens is 478 g/mol. The molecule has 0 atom stereocenters. The van der Waals surface area contributed by atoms with Gasteiger partial charge in [0.2, 0.25) is 11.7 Å². The van der Waals surface area contributed by atoms with Crippen molar-refractivity contribution in [2.24, 2.45) is 7.05 Å². The molecule has 0 radical (unpaired) electrons. The molecule has 0 fully saturated rings. The number of thiophene rings is 1. The lowest BCUT2D eigenvalue weighted by Crippen LogP contribution is -2.09. The van der Waals surface area contributed by atoms with Gasteiger partial charge in [0.15, 0.2) is 23.1 Å². The van der Waals surface area contributed by atoms with E-state index < -0.39 is 23.0 Å². The van der Waals surface area contributed by atoms with E-state index in [2.05, 4.69) is 22.0 Å². The molecule has 0 spiro atoms. The monoisotopic (exact) mass is 498 g/mol. The number of halogens is 2. The first kappa shape index (κ1) is 24.0. The number of hydrogen-bond donors (Lipinski definition) is 1. The molecule has 0 aliphatic heterocycles. The van der Waals surface area contributed by atoms with Crippen LogP contribution in [0.1, 0.15) is 26.6 Å². The summed E-state index contributed by atoms with van der Waals surface area (Å²) in [4.78, 5) is 29.5. The Morgan fingerprint density at radius 3 is 2.49 bits per heavy atom. The zero-order valence-corrected chi connectivity index (χ0v) is 19.8. The van der Waals surface area contributed by atoms with Gasteiger partial charge in [-0.15, -0.1) is 11.3 Å². The molecule has 1 amide bonds. The molecular formula is C24H20F2N4O4S. The standard InChI is InChI=1S/C24H20F2N4O4S/c1-5-20(31)28-15-11-30(2)29-13(15)8-12-6-7-18-14(27-12)9-19(35-18)24(32)21-22(25)16(33-3)10-17(34-4)23(21)26/h5-7,9-11H,1,8H2,2-4H3,(H,28,31). The number of nitrogens with zero attached hydrogens (tertiary/aromatic N) is 3. The van der Waals surface area contributed by atoms with E-state index in [0.717, 1.165) is 23.5 Å². The van der Waals surface area contributed by atoms with Crippen molar-refractivity contribution in [1.29, 1.82) is 0 Å². The highest BCUT2D eigenvalue weighted by Gasteiger charge is 2.27. The van der Waals surface area contributed by atoms with Gasteiger partial charge in [-0.3, -0.25) is 19.3 Å². The molecule has 4 rings (SSSR count). The summed E-state index contributed by atoms with van der Waals surface area (Å²) in [5, 5.41) is 7.07. The van der Waals surface area contributed by atoms with Gasteiger partial charge < -0.3 is 14.8 Å². The van der Waals surface area contributed by atoms with E-state index in [9.17, 15) is 18.4 Å². The first-order valence-corrected chi connectivity index (χ1v) is 11.1. The van der Waals surface area contributed by atoms with Gasteiger partial charge >= 0.3 is 0 Å². The largest absolute Gasteiger partial charge is 0.494 e. The number of carbonyl (C=O) groups is 2. The van der Waals surface area contributed by atoms with Crippen molar-refractivity contribution in [2.45, 2.75) is 6.42 Å². The molecule has 0 saturated carbocycles. The number of nitrogens with one attached hydrogen (secondary N) is 1. The van der Waals surface area contributed by atoms with E-state index in [1.54, 1.807) is 30.1 Å². The molecule has 4 aromatic rings. The first-order chi connectivity index (χ1) is 16.7. The number of aryl methyl sites for hydroxylation is 1. The highest BCUT2D eigenvalue weighted by Crippen LogP contribution is 2.35. The lowest BCUT2D eigenvalue weighted by Gasteiger charge is -2.11. The zero-order chi connectivity index (χ0) is 25.3. The number of carbonyl (C=O) groups excluding carboxylic acids is 2. The number of amides is 1. The number of methoxy groups -OCH3 is 2. The summed E-state index contributed by atoms with van der Waals surface area (Å²) in [5.41, 5.74) is 1.47. The second-order valence-corrected chi connectivity index (χ2v) is 8.53. The average molecular weight is 499 g/mol. The number of fused-ring (bicyclic) bond motifs is 1. The van der Waals surface area contributed by atoms with Gasteiger partial charge in [-0.05, 0) is 24.3 Å². The molecule has 0 aliphatic rings. The van der Waals surface area contributed by atoms with Crippen molar-refractivity contribution in [3.8, 4) is 11.5 Å². The average Bonchev–Trinajstić information content (AvgIpc) is 3.41. The van der Waals surface area contributed by atoms with E-state index in [-0.39, 0.29) is 22.3 Å². The van der Waals surface area contributed by atoms with Crippen LogP contribution in [0, 0.1) is 11.6 Å². The summed E-state index contributed by atoms with van der Waals surface area (Å²) in [5.74, 6) is -4.03. The highest BCUT2D eigenvalue weighted by atomic mass is 32.1. The minimum absolute atomic E-state index is 0.106. The number of rotatable bonds is 8. The van der Waals surface area contributed by atoms with Crippen LogP contribution in [0.5, 0.6) is 11.5 Å².